The fraction of sp³-hybridized carbons (Fsp3) is 0.375. The Morgan fingerprint density at radius 1 is 1.40 bits per heavy atom. The van der Waals surface area contributed by atoms with Gasteiger partial charge in [0.05, 0.1) is 21.1 Å². The van der Waals surface area contributed by atoms with Crippen LogP contribution in [0.5, 0.6) is 5.75 Å². The Balaban J connectivity index is 1.62. The third kappa shape index (κ3) is 3.14. The van der Waals surface area contributed by atoms with E-state index in [9.17, 15) is 13.2 Å². The number of rotatable bonds is 4. The van der Waals surface area contributed by atoms with Gasteiger partial charge in [-0.25, -0.2) is 18.1 Å². The predicted octanol–water partition coefficient (Wildman–Crippen LogP) is 3.12. The number of amides is 1. The van der Waals surface area contributed by atoms with Gasteiger partial charge >= 0.3 is 0 Å². The number of hydrogen-bond acceptors (Lipinski definition) is 6. The first kappa shape index (κ1) is 16.8. The molecule has 0 spiro atoms. The first-order valence-corrected chi connectivity index (χ1v) is 10.6. The molecule has 1 aromatic carbocycles. The van der Waals surface area contributed by atoms with Gasteiger partial charge in [-0.3, -0.25) is 4.79 Å². The minimum absolute atomic E-state index is 0.0419. The first-order chi connectivity index (χ1) is 11.8. The molecule has 1 atom stereocenters. The maximum Gasteiger partial charge on any atom is 0.277 e. The van der Waals surface area contributed by atoms with Crippen molar-refractivity contribution in [2.24, 2.45) is 0 Å². The molecule has 0 bridgehead atoms. The average molecular weight is 399 g/mol. The Bertz CT molecular complexity index is 967. The van der Waals surface area contributed by atoms with Crippen molar-refractivity contribution < 1.29 is 17.9 Å². The topological polar surface area (TPSA) is 85.4 Å². The Morgan fingerprint density at radius 3 is 2.88 bits per heavy atom. The van der Waals surface area contributed by atoms with Gasteiger partial charge in [0.2, 0.25) is 0 Å². The molecule has 132 valence electrons. The minimum atomic E-state index is -4.03. The van der Waals surface area contributed by atoms with Crippen LogP contribution >= 0.6 is 22.9 Å². The molecule has 4 rings (SSSR count). The quantitative estimate of drug-likeness (QED) is 0.855. The van der Waals surface area contributed by atoms with Gasteiger partial charge in [0, 0.05) is 17.9 Å². The molecule has 9 heteroatoms. The number of nitrogens with zero attached hydrogens (tertiary/aromatic N) is 1. The first-order valence-electron chi connectivity index (χ1n) is 7.85. The third-order valence-corrected chi connectivity index (χ3v) is 6.66. The minimum Gasteiger partial charge on any atom is -0.489 e. The number of benzene rings is 1. The van der Waals surface area contributed by atoms with Crippen molar-refractivity contribution in [3.05, 3.63) is 38.8 Å². The Hall–Kier alpha value is -1.64. The van der Waals surface area contributed by atoms with Gasteiger partial charge in [0.25, 0.3) is 15.9 Å². The highest BCUT2D eigenvalue weighted by Crippen LogP contribution is 2.42. The number of nitrogens with one attached hydrogen (secondary N) is 1. The van der Waals surface area contributed by atoms with E-state index in [4.69, 9.17) is 16.3 Å². The molecule has 1 saturated carbocycles. The van der Waals surface area contributed by atoms with Crippen LogP contribution in [-0.4, -0.2) is 25.4 Å². The maximum atomic E-state index is 12.6. The van der Waals surface area contributed by atoms with Crippen molar-refractivity contribution in [1.29, 1.82) is 0 Å². The molecular weight excluding hydrogens is 384 g/mol. The second-order valence-electron chi connectivity index (χ2n) is 6.30. The molecule has 1 aliphatic heterocycles. The normalized spacial score (nSPS) is 19.4. The summed E-state index contributed by atoms with van der Waals surface area (Å²) in [5, 5.41) is 0.228. The van der Waals surface area contributed by atoms with Gasteiger partial charge in [0.1, 0.15) is 16.7 Å². The number of aromatic nitrogens is 1. The van der Waals surface area contributed by atoms with Crippen LogP contribution in [0.25, 0.3) is 0 Å². The Labute approximate surface area is 154 Å². The molecule has 0 saturated heterocycles. The summed E-state index contributed by atoms with van der Waals surface area (Å²) in [6.07, 6.45) is 2.48. The van der Waals surface area contributed by atoms with E-state index in [0.717, 1.165) is 29.7 Å². The van der Waals surface area contributed by atoms with Crippen LogP contribution in [-0.2, 0) is 16.4 Å². The van der Waals surface area contributed by atoms with Crippen molar-refractivity contribution in [2.45, 2.75) is 43.1 Å². The van der Waals surface area contributed by atoms with E-state index in [2.05, 4.69) is 9.71 Å². The highest BCUT2D eigenvalue weighted by molar-refractivity contribution is 7.90. The fourth-order valence-corrected chi connectivity index (χ4v) is 5.13. The molecule has 2 heterocycles. The molecule has 1 fully saturated rings. The number of thiazole rings is 1. The predicted molar refractivity (Wildman–Crippen MR) is 94.0 cm³/mol. The smallest absolute Gasteiger partial charge is 0.277 e. The lowest BCUT2D eigenvalue weighted by Gasteiger charge is -2.09. The molecule has 2 aliphatic rings. The summed E-state index contributed by atoms with van der Waals surface area (Å²) in [6.45, 7) is 1.88. The van der Waals surface area contributed by atoms with Crippen LogP contribution in [0.3, 0.4) is 0 Å². The third-order valence-electron chi connectivity index (χ3n) is 4.22. The summed E-state index contributed by atoms with van der Waals surface area (Å²) in [5.41, 5.74) is 2.98. The standard InChI is InChI=1S/C16H15ClN2O4S2/c1-8-4-10-5-11(6-12(17)14(10)23-8)25(21,22)19-16(20)15-13(9-2-3-9)18-7-24-15/h5-9H,2-4H2,1H3,(H,19,20). The van der Waals surface area contributed by atoms with Gasteiger partial charge < -0.3 is 4.74 Å². The van der Waals surface area contributed by atoms with Crippen LogP contribution in [0, 0.1) is 0 Å². The van der Waals surface area contributed by atoms with E-state index >= 15 is 0 Å². The zero-order valence-corrected chi connectivity index (χ0v) is 15.7. The van der Waals surface area contributed by atoms with E-state index in [1.165, 1.54) is 12.1 Å². The fourth-order valence-electron chi connectivity index (χ4n) is 2.91. The summed E-state index contributed by atoms with van der Waals surface area (Å²) in [6, 6.07) is 2.82. The van der Waals surface area contributed by atoms with Gasteiger partial charge in [-0.05, 0) is 31.9 Å². The molecule has 1 N–H and O–H groups in total. The van der Waals surface area contributed by atoms with Crippen LogP contribution in [0.2, 0.25) is 5.02 Å². The molecule has 1 aromatic heterocycles. The Morgan fingerprint density at radius 2 is 2.16 bits per heavy atom. The van der Waals surface area contributed by atoms with Crippen molar-refractivity contribution in [1.82, 2.24) is 9.71 Å². The SMILES string of the molecule is CC1Cc2cc(S(=O)(=O)NC(=O)c3scnc3C3CC3)cc(Cl)c2O1. The van der Waals surface area contributed by atoms with Gasteiger partial charge in [-0.1, -0.05) is 11.6 Å². The van der Waals surface area contributed by atoms with E-state index in [-0.39, 0.29) is 21.9 Å². The number of sulfonamides is 1. The molecule has 25 heavy (non-hydrogen) atoms. The van der Waals surface area contributed by atoms with Gasteiger partial charge in [-0.2, -0.15) is 0 Å². The van der Waals surface area contributed by atoms with Gasteiger partial charge in [0.15, 0.2) is 0 Å². The zero-order chi connectivity index (χ0) is 17.8. The second-order valence-corrected chi connectivity index (χ2v) is 9.25. The average Bonchev–Trinajstić information content (AvgIpc) is 3.12. The molecule has 1 aliphatic carbocycles. The van der Waals surface area contributed by atoms with Crippen LogP contribution in [0.4, 0.5) is 0 Å². The highest BCUT2D eigenvalue weighted by Gasteiger charge is 2.32. The number of halogens is 1. The lowest BCUT2D eigenvalue weighted by molar-refractivity contribution is 0.0984. The molecular formula is C16H15ClN2O4S2. The van der Waals surface area contributed by atoms with Gasteiger partial charge in [-0.15, -0.1) is 11.3 Å². The summed E-state index contributed by atoms with van der Waals surface area (Å²) >= 11 is 7.30. The molecule has 0 radical (unpaired) electrons. The van der Waals surface area contributed by atoms with Crippen LogP contribution in [0.15, 0.2) is 22.5 Å². The lowest BCUT2D eigenvalue weighted by atomic mass is 10.1. The number of ether oxygens (including phenoxy) is 1. The lowest BCUT2D eigenvalue weighted by Crippen LogP contribution is -2.30. The number of hydrogen-bond donors (Lipinski definition) is 1. The van der Waals surface area contributed by atoms with E-state index in [1.54, 1.807) is 5.51 Å². The summed E-state index contributed by atoms with van der Waals surface area (Å²) in [5.74, 6) is 0.131. The largest absolute Gasteiger partial charge is 0.489 e. The zero-order valence-electron chi connectivity index (χ0n) is 13.3. The molecule has 1 amide bonds. The van der Waals surface area contributed by atoms with Crippen molar-refractivity contribution in [3.8, 4) is 5.75 Å². The number of carbonyl (C=O) groups excluding carboxylic acids is 1. The molecule has 6 nitrogen and oxygen atoms in total. The summed E-state index contributed by atoms with van der Waals surface area (Å²) < 4.78 is 32.9. The van der Waals surface area contributed by atoms with E-state index < -0.39 is 15.9 Å². The van der Waals surface area contributed by atoms with E-state index in [1.807, 2.05) is 6.92 Å². The van der Waals surface area contributed by atoms with Crippen LogP contribution in [0.1, 0.15) is 46.6 Å². The summed E-state index contributed by atoms with van der Waals surface area (Å²) in [4.78, 5) is 17.0. The Kier molecular flexibility index (Phi) is 4.01. The second kappa shape index (κ2) is 5.96. The van der Waals surface area contributed by atoms with Crippen molar-refractivity contribution in [3.63, 3.8) is 0 Å². The van der Waals surface area contributed by atoms with Crippen LogP contribution < -0.4 is 9.46 Å². The molecule has 1 unspecified atom stereocenters. The van der Waals surface area contributed by atoms with Crippen molar-refractivity contribution >= 4 is 38.9 Å². The monoisotopic (exact) mass is 398 g/mol. The van der Waals surface area contributed by atoms with E-state index in [0.29, 0.717) is 22.7 Å². The molecule has 2 aromatic rings. The maximum absolute atomic E-state index is 12.6. The number of fused-ring (bicyclic) bond motifs is 1. The highest BCUT2D eigenvalue weighted by atomic mass is 35.5. The number of carbonyl (C=O) groups is 1. The van der Waals surface area contributed by atoms with Crippen molar-refractivity contribution in [2.75, 3.05) is 0 Å². The summed E-state index contributed by atoms with van der Waals surface area (Å²) in [7, 11) is -4.03.